The number of anilines is 1. The van der Waals surface area contributed by atoms with Crippen LogP contribution in [-0.4, -0.2) is 23.8 Å². The number of hydrogen-bond acceptors (Lipinski definition) is 5. The van der Waals surface area contributed by atoms with E-state index in [-0.39, 0.29) is 29.9 Å². The van der Waals surface area contributed by atoms with Gasteiger partial charge in [-0.2, -0.15) is 5.26 Å². The standard InChI is InChI=1S/C23H23N3O2S2/c1-14-5-4-6-20(15(14)2)25-22(28)13-30-23-19(12-24)18(11-21(27)26-23)16-7-9-17(29-3)10-8-16/h4-10,18H,11,13H2,1-3H3,(H,25,28)(H,26,27)/t18-/m0/s1. The SMILES string of the molecule is CSc1ccc([C@@H]2CC(=O)NC(SCC(=O)Nc3cccc(C)c3C)=C2C#N)cc1. The number of carbonyl (C=O) groups excluding carboxylic acids is 2. The number of amides is 2. The second kappa shape index (κ2) is 9.88. The first-order valence-corrected chi connectivity index (χ1v) is 11.7. The van der Waals surface area contributed by atoms with Crippen molar-refractivity contribution in [2.24, 2.45) is 0 Å². The Morgan fingerprint density at radius 3 is 2.63 bits per heavy atom. The molecular weight excluding hydrogens is 414 g/mol. The second-order valence-corrected chi connectivity index (χ2v) is 8.88. The molecule has 1 aliphatic heterocycles. The molecule has 0 fully saturated rings. The first-order valence-electron chi connectivity index (χ1n) is 9.50. The van der Waals surface area contributed by atoms with Crippen molar-refractivity contribution in [1.29, 1.82) is 5.26 Å². The summed E-state index contributed by atoms with van der Waals surface area (Å²) >= 11 is 2.83. The first kappa shape index (κ1) is 22.0. The largest absolute Gasteiger partial charge is 0.325 e. The summed E-state index contributed by atoms with van der Waals surface area (Å²) in [5.74, 6) is -0.527. The smallest absolute Gasteiger partial charge is 0.234 e. The maximum absolute atomic E-state index is 12.5. The van der Waals surface area contributed by atoms with Crippen LogP contribution in [0.4, 0.5) is 5.69 Å². The zero-order valence-corrected chi connectivity index (χ0v) is 18.7. The van der Waals surface area contributed by atoms with Gasteiger partial charge in [0.05, 0.1) is 22.4 Å². The normalized spacial score (nSPS) is 16.1. The molecule has 0 radical (unpaired) electrons. The lowest BCUT2D eigenvalue weighted by Gasteiger charge is -2.25. The van der Waals surface area contributed by atoms with E-state index in [1.165, 1.54) is 11.8 Å². The van der Waals surface area contributed by atoms with Gasteiger partial charge >= 0.3 is 0 Å². The van der Waals surface area contributed by atoms with Crippen molar-refractivity contribution in [3.8, 4) is 6.07 Å². The van der Waals surface area contributed by atoms with Gasteiger partial charge in [0, 0.05) is 22.9 Å². The number of thioether (sulfide) groups is 2. The van der Waals surface area contributed by atoms with Gasteiger partial charge in [0.15, 0.2) is 0 Å². The minimum Gasteiger partial charge on any atom is -0.325 e. The fraction of sp³-hybridized carbons (Fsp3) is 0.261. The highest BCUT2D eigenvalue weighted by molar-refractivity contribution is 8.03. The molecule has 0 unspecified atom stereocenters. The molecule has 0 aromatic heterocycles. The van der Waals surface area contributed by atoms with E-state index in [0.717, 1.165) is 27.3 Å². The Labute approximate surface area is 185 Å². The van der Waals surface area contributed by atoms with Gasteiger partial charge < -0.3 is 10.6 Å². The zero-order chi connectivity index (χ0) is 21.7. The van der Waals surface area contributed by atoms with Crippen LogP contribution >= 0.6 is 23.5 Å². The van der Waals surface area contributed by atoms with E-state index in [1.54, 1.807) is 11.8 Å². The Bertz CT molecular complexity index is 1040. The van der Waals surface area contributed by atoms with Crippen LogP contribution in [0, 0.1) is 25.2 Å². The lowest BCUT2D eigenvalue weighted by Crippen LogP contribution is -2.31. The number of rotatable bonds is 6. The van der Waals surface area contributed by atoms with Crippen molar-refractivity contribution in [2.45, 2.75) is 31.1 Å². The quantitative estimate of drug-likeness (QED) is 0.638. The third-order valence-corrected chi connectivity index (χ3v) is 6.86. The van der Waals surface area contributed by atoms with E-state index in [9.17, 15) is 14.9 Å². The highest BCUT2D eigenvalue weighted by atomic mass is 32.2. The van der Waals surface area contributed by atoms with Crippen LogP contribution in [0.1, 0.15) is 29.0 Å². The molecule has 3 rings (SSSR count). The van der Waals surface area contributed by atoms with Crippen LogP contribution in [-0.2, 0) is 9.59 Å². The summed E-state index contributed by atoms with van der Waals surface area (Å²) in [6.45, 7) is 3.95. The van der Waals surface area contributed by atoms with Gasteiger partial charge in [-0.15, -0.1) is 11.8 Å². The monoisotopic (exact) mass is 437 g/mol. The van der Waals surface area contributed by atoms with Crippen LogP contribution in [0.3, 0.4) is 0 Å². The van der Waals surface area contributed by atoms with Gasteiger partial charge in [-0.05, 0) is 55.0 Å². The van der Waals surface area contributed by atoms with E-state index >= 15 is 0 Å². The number of nitriles is 1. The first-order chi connectivity index (χ1) is 14.4. The molecule has 0 aliphatic carbocycles. The maximum atomic E-state index is 12.5. The molecule has 1 heterocycles. The lowest BCUT2D eigenvalue weighted by atomic mass is 9.87. The Hall–Kier alpha value is -2.69. The second-order valence-electron chi connectivity index (χ2n) is 7.02. The average Bonchev–Trinajstić information content (AvgIpc) is 2.75. The summed E-state index contributed by atoms with van der Waals surface area (Å²) in [5, 5.41) is 15.9. The van der Waals surface area contributed by atoms with Gasteiger partial charge in [-0.3, -0.25) is 9.59 Å². The summed E-state index contributed by atoms with van der Waals surface area (Å²) < 4.78 is 0. The topological polar surface area (TPSA) is 82.0 Å². The van der Waals surface area contributed by atoms with Crippen molar-refractivity contribution < 1.29 is 9.59 Å². The molecule has 0 spiro atoms. The number of allylic oxidation sites excluding steroid dienone is 1. The van der Waals surface area contributed by atoms with Crippen LogP contribution < -0.4 is 10.6 Å². The number of hydrogen-bond donors (Lipinski definition) is 2. The Morgan fingerprint density at radius 2 is 1.97 bits per heavy atom. The molecule has 5 nitrogen and oxygen atoms in total. The predicted molar refractivity (Wildman–Crippen MR) is 123 cm³/mol. The Balaban J connectivity index is 1.76. The Kier molecular flexibility index (Phi) is 7.24. The predicted octanol–water partition coefficient (Wildman–Crippen LogP) is 4.74. The van der Waals surface area contributed by atoms with E-state index < -0.39 is 0 Å². The van der Waals surface area contributed by atoms with Crippen LogP contribution in [0.2, 0.25) is 0 Å². The average molecular weight is 438 g/mol. The van der Waals surface area contributed by atoms with Crippen molar-refractivity contribution in [2.75, 3.05) is 17.3 Å². The number of carbonyl (C=O) groups is 2. The number of nitrogens with one attached hydrogen (secondary N) is 2. The summed E-state index contributed by atoms with van der Waals surface area (Å²) in [6, 6.07) is 15.9. The number of aryl methyl sites for hydroxylation is 1. The van der Waals surface area contributed by atoms with E-state index in [0.29, 0.717) is 10.6 Å². The highest BCUT2D eigenvalue weighted by Crippen LogP contribution is 2.36. The van der Waals surface area contributed by atoms with Gasteiger partial charge in [-0.25, -0.2) is 0 Å². The van der Waals surface area contributed by atoms with Gasteiger partial charge in [0.1, 0.15) is 0 Å². The van der Waals surface area contributed by atoms with Crippen molar-refractivity contribution in [1.82, 2.24) is 5.32 Å². The third kappa shape index (κ3) is 5.07. The van der Waals surface area contributed by atoms with Crippen LogP contribution in [0.15, 0.2) is 58.0 Å². The molecule has 154 valence electrons. The molecule has 0 bridgehead atoms. The highest BCUT2D eigenvalue weighted by Gasteiger charge is 2.29. The van der Waals surface area contributed by atoms with Crippen molar-refractivity contribution >= 4 is 41.0 Å². The molecule has 30 heavy (non-hydrogen) atoms. The number of nitrogens with zero attached hydrogens (tertiary/aromatic N) is 1. The molecular formula is C23H23N3O2S2. The third-order valence-electron chi connectivity index (χ3n) is 5.10. The molecule has 0 saturated heterocycles. The summed E-state index contributed by atoms with van der Waals surface area (Å²) in [5.41, 5.74) is 4.32. The van der Waals surface area contributed by atoms with Crippen molar-refractivity contribution in [3.63, 3.8) is 0 Å². The van der Waals surface area contributed by atoms with E-state index in [4.69, 9.17) is 0 Å². The molecule has 0 saturated carbocycles. The Morgan fingerprint density at radius 1 is 1.23 bits per heavy atom. The summed E-state index contributed by atoms with van der Waals surface area (Å²) in [6.07, 6.45) is 2.22. The fourth-order valence-corrected chi connectivity index (χ4v) is 4.55. The molecule has 1 atom stereocenters. The van der Waals surface area contributed by atoms with E-state index in [2.05, 4.69) is 16.7 Å². The lowest BCUT2D eigenvalue weighted by molar-refractivity contribution is -0.121. The van der Waals surface area contributed by atoms with Crippen LogP contribution in [0.25, 0.3) is 0 Å². The minimum absolute atomic E-state index is 0.103. The summed E-state index contributed by atoms with van der Waals surface area (Å²) in [7, 11) is 0. The molecule has 2 amide bonds. The molecule has 2 N–H and O–H groups in total. The molecule has 2 aromatic carbocycles. The van der Waals surface area contributed by atoms with Crippen LogP contribution in [0.5, 0.6) is 0 Å². The minimum atomic E-state index is -0.302. The number of benzene rings is 2. The maximum Gasteiger partial charge on any atom is 0.234 e. The summed E-state index contributed by atoms with van der Waals surface area (Å²) in [4.78, 5) is 25.9. The van der Waals surface area contributed by atoms with Crippen molar-refractivity contribution in [3.05, 3.63) is 69.8 Å². The zero-order valence-electron chi connectivity index (χ0n) is 17.1. The molecule has 1 aliphatic rings. The molecule has 7 heteroatoms. The molecule has 2 aromatic rings. The van der Waals surface area contributed by atoms with E-state index in [1.807, 2.05) is 62.6 Å². The van der Waals surface area contributed by atoms with Gasteiger partial charge in [0.2, 0.25) is 11.8 Å². The van der Waals surface area contributed by atoms with Gasteiger partial charge in [-0.1, -0.05) is 36.0 Å². The van der Waals surface area contributed by atoms with Gasteiger partial charge in [0.25, 0.3) is 0 Å². The fourth-order valence-electron chi connectivity index (χ4n) is 3.26.